The fourth-order valence-corrected chi connectivity index (χ4v) is 2.79. The molecule has 4 heteroatoms. The number of hydrogen-bond donors (Lipinski definition) is 0. The molecule has 0 unspecified atom stereocenters. The number of hydrogen-bond acceptors (Lipinski definition) is 2. The number of benzene rings is 2. The highest BCUT2D eigenvalue weighted by molar-refractivity contribution is 9.10. The molecule has 0 saturated carbocycles. The van der Waals surface area contributed by atoms with Crippen LogP contribution in [0.15, 0.2) is 53.0 Å². The molecule has 0 spiro atoms. The third kappa shape index (κ3) is 2.56. The SMILES string of the molecule is O=C1c2cccc(Br)c2OCCN1Cc1ccccc1. The summed E-state index contributed by atoms with van der Waals surface area (Å²) < 4.78 is 6.53. The highest BCUT2D eigenvalue weighted by Crippen LogP contribution is 2.31. The van der Waals surface area contributed by atoms with Crippen LogP contribution in [0.4, 0.5) is 0 Å². The fraction of sp³-hybridized carbons (Fsp3) is 0.188. The van der Waals surface area contributed by atoms with Crippen molar-refractivity contribution in [1.82, 2.24) is 4.90 Å². The third-order valence-corrected chi connectivity index (χ3v) is 3.93. The van der Waals surface area contributed by atoms with Crippen molar-refractivity contribution in [2.24, 2.45) is 0 Å². The number of carbonyl (C=O) groups excluding carboxylic acids is 1. The van der Waals surface area contributed by atoms with Crippen molar-refractivity contribution in [3.05, 3.63) is 64.1 Å². The van der Waals surface area contributed by atoms with Crippen molar-refractivity contribution >= 4 is 21.8 Å². The first-order valence-corrected chi connectivity index (χ1v) is 7.29. The van der Waals surface area contributed by atoms with Gasteiger partial charge < -0.3 is 9.64 Å². The lowest BCUT2D eigenvalue weighted by Crippen LogP contribution is -2.31. The van der Waals surface area contributed by atoms with Crippen molar-refractivity contribution in [2.45, 2.75) is 6.54 Å². The van der Waals surface area contributed by atoms with E-state index in [0.29, 0.717) is 31.0 Å². The van der Waals surface area contributed by atoms with E-state index in [-0.39, 0.29) is 5.91 Å². The molecule has 0 atom stereocenters. The number of fused-ring (bicyclic) bond motifs is 1. The van der Waals surface area contributed by atoms with Gasteiger partial charge >= 0.3 is 0 Å². The minimum absolute atomic E-state index is 0.0163. The molecule has 3 nitrogen and oxygen atoms in total. The van der Waals surface area contributed by atoms with Crippen LogP contribution in [-0.4, -0.2) is 24.0 Å². The predicted molar refractivity (Wildman–Crippen MR) is 80.8 cm³/mol. The molecule has 0 aliphatic carbocycles. The topological polar surface area (TPSA) is 29.5 Å². The summed E-state index contributed by atoms with van der Waals surface area (Å²) in [4.78, 5) is 14.4. The maximum Gasteiger partial charge on any atom is 0.258 e. The van der Waals surface area contributed by atoms with Gasteiger partial charge in [-0.05, 0) is 33.6 Å². The van der Waals surface area contributed by atoms with E-state index < -0.39 is 0 Å². The maximum absolute atomic E-state index is 12.6. The van der Waals surface area contributed by atoms with Crippen LogP contribution in [0.5, 0.6) is 5.75 Å². The number of para-hydroxylation sites is 1. The van der Waals surface area contributed by atoms with Crippen LogP contribution in [0.3, 0.4) is 0 Å². The average molecular weight is 332 g/mol. The van der Waals surface area contributed by atoms with Crippen molar-refractivity contribution in [1.29, 1.82) is 0 Å². The predicted octanol–water partition coefficient (Wildman–Crippen LogP) is 3.48. The zero-order chi connectivity index (χ0) is 13.9. The standard InChI is InChI=1S/C16H14BrNO2/c17-14-8-4-7-13-15(14)20-10-9-18(16(13)19)11-12-5-2-1-3-6-12/h1-8H,9-11H2. The number of rotatable bonds is 2. The first-order chi connectivity index (χ1) is 9.75. The number of nitrogens with zero attached hydrogens (tertiary/aromatic N) is 1. The zero-order valence-corrected chi connectivity index (χ0v) is 12.5. The quantitative estimate of drug-likeness (QED) is 0.843. The number of carbonyl (C=O) groups is 1. The summed E-state index contributed by atoms with van der Waals surface area (Å²) in [7, 11) is 0. The Hall–Kier alpha value is -1.81. The molecule has 0 bridgehead atoms. The Morgan fingerprint density at radius 3 is 2.70 bits per heavy atom. The van der Waals surface area contributed by atoms with Crippen LogP contribution < -0.4 is 4.74 Å². The molecule has 102 valence electrons. The Morgan fingerprint density at radius 1 is 1.10 bits per heavy atom. The molecule has 1 aliphatic rings. The van der Waals surface area contributed by atoms with E-state index in [2.05, 4.69) is 15.9 Å². The second-order valence-corrected chi connectivity index (χ2v) is 5.53. The summed E-state index contributed by atoms with van der Waals surface area (Å²) in [6, 6.07) is 15.6. The second kappa shape index (κ2) is 5.67. The molecule has 1 aliphatic heterocycles. The Bertz CT molecular complexity index is 628. The lowest BCUT2D eigenvalue weighted by molar-refractivity contribution is 0.0743. The van der Waals surface area contributed by atoms with Crippen molar-refractivity contribution in [2.75, 3.05) is 13.2 Å². The van der Waals surface area contributed by atoms with Gasteiger partial charge in [0.05, 0.1) is 16.6 Å². The van der Waals surface area contributed by atoms with E-state index in [9.17, 15) is 4.79 Å². The van der Waals surface area contributed by atoms with E-state index >= 15 is 0 Å². The van der Waals surface area contributed by atoms with E-state index in [1.807, 2.05) is 53.4 Å². The van der Waals surface area contributed by atoms with Crippen LogP contribution in [0, 0.1) is 0 Å². The molecule has 2 aromatic rings. The van der Waals surface area contributed by atoms with Crippen LogP contribution in [0.2, 0.25) is 0 Å². The van der Waals surface area contributed by atoms with Crippen molar-refractivity contribution < 1.29 is 9.53 Å². The lowest BCUT2D eigenvalue weighted by Gasteiger charge is -2.19. The molecular weight excluding hydrogens is 318 g/mol. The molecule has 0 aromatic heterocycles. The second-order valence-electron chi connectivity index (χ2n) is 4.68. The van der Waals surface area contributed by atoms with Crippen LogP contribution in [0.1, 0.15) is 15.9 Å². The van der Waals surface area contributed by atoms with Gasteiger partial charge in [-0.1, -0.05) is 36.4 Å². The van der Waals surface area contributed by atoms with Gasteiger partial charge in [-0.25, -0.2) is 0 Å². The van der Waals surface area contributed by atoms with E-state index in [0.717, 1.165) is 10.0 Å². The molecule has 1 heterocycles. The summed E-state index contributed by atoms with van der Waals surface area (Å²) in [5.74, 6) is 0.663. The maximum atomic E-state index is 12.6. The molecule has 0 fully saturated rings. The van der Waals surface area contributed by atoms with Gasteiger partial charge in [0.25, 0.3) is 5.91 Å². The van der Waals surface area contributed by atoms with Gasteiger partial charge in [0.1, 0.15) is 12.4 Å². The number of halogens is 1. The normalized spacial score (nSPS) is 14.4. The first kappa shape index (κ1) is 13.2. The highest BCUT2D eigenvalue weighted by Gasteiger charge is 2.24. The largest absolute Gasteiger partial charge is 0.490 e. The smallest absolute Gasteiger partial charge is 0.258 e. The van der Waals surface area contributed by atoms with Crippen LogP contribution in [0.25, 0.3) is 0 Å². The Morgan fingerprint density at radius 2 is 1.90 bits per heavy atom. The first-order valence-electron chi connectivity index (χ1n) is 6.50. The third-order valence-electron chi connectivity index (χ3n) is 3.31. The minimum atomic E-state index is 0.0163. The summed E-state index contributed by atoms with van der Waals surface area (Å²) in [6.45, 7) is 1.71. The van der Waals surface area contributed by atoms with Crippen LogP contribution in [-0.2, 0) is 6.54 Å². The monoisotopic (exact) mass is 331 g/mol. The Balaban J connectivity index is 1.89. The molecule has 1 amide bonds. The van der Waals surface area contributed by atoms with Gasteiger partial charge in [-0.3, -0.25) is 4.79 Å². The number of amides is 1. The Kier molecular flexibility index (Phi) is 3.74. The van der Waals surface area contributed by atoms with Crippen molar-refractivity contribution in [3.8, 4) is 5.75 Å². The summed E-state index contributed by atoms with van der Waals surface area (Å²) in [6.07, 6.45) is 0. The van der Waals surface area contributed by atoms with Gasteiger partial charge in [-0.15, -0.1) is 0 Å². The molecule has 0 saturated heterocycles. The van der Waals surface area contributed by atoms with E-state index in [4.69, 9.17) is 4.74 Å². The van der Waals surface area contributed by atoms with Gasteiger partial charge in [-0.2, -0.15) is 0 Å². The van der Waals surface area contributed by atoms with E-state index in [1.165, 1.54) is 0 Å². The summed E-state index contributed by atoms with van der Waals surface area (Å²) in [5.41, 5.74) is 1.74. The Labute approximate surface area is 126 Å². The number of ether oxygens (including phenoxy) is 1. The van der Waals surface area contributed by atoms with Crippen molar-refractivity contribution in [3.63, 3.8) is 0 Å². The summed E-state index contributed by atoms with van der Waals surface area (Å²) >= 11 is 3.44. The molecular formula is C16H14BrNO2. The minimum Gasteiger partial charge on any atom is -0.490 e. The molecule has 0 N–H and O–H groups in total. The summed E-state index contributed by atoms with van der Waals surface area (Å²) in [5, 5.41) is 0. The molecule has 20 heavy (non-hydrogen) atoms. The van der Waals surface area contributed by atoms with Gasteiger partial charge in [0.2, 0.25) is 0 Å². The molecule has 2 aromatic carbocycles. The van der Waals surface area contributed by atoms with Crippen LogP contribution >= 0.6 is 15.9 Å². The average Bonchev–Trinajstić information content (AvgIpc) is 2.62. The lowest BCUT2D eigenvalue weighted by atomic mass is 10.1. The van der Waals surface area contributed by atoms with Gasteiger partial charge in [0.15, 0.2) is 0 Å². The molecule has 3 rings (SSSR count). The highest BCUT2D eigenvalue weighted by atomic mass is 79.9. The zero-order valence-electron chi connectivity index (χ0n) is 10.9. The molecule has 0 radical (unpaired) electrons. The van der Waals surface area contributed by atoms with Gasteiger partial charge in [0, 0.05) is 6.54 Å². The van der Waals surface area contributed by atoms with E-state index in [1.54, 1.807) is 0 Å². The fourth-order valence-electron chi connectivity index (χ4n) is 2.31.